The zero-order chi connectivity index (χ0) is 12.4. The molecule has 1 nitrogen and oxygen atoms in total. The molecule has 2 aromatic rings. The maximum absolute atomic E-state index is 6.19. The first-order chi connectivity index (χ1) is 8.06. The molecule has 1 unspecified atom stereocenters. The number of hydrogen-bond acceptors (Lipinski definition) is 2. The van der Waals surface area contributed by atoms with Gasteiger partial charge in [0.05, 0.1) is 20.5 Å². The molecule has 0 aliphatic heterocycles. The predicted octanol–water partition coefficient (Wildman–Crippen LogP) is 5.94. The largest absolute Gasteiger partial charge is 0.377 e. The van der Waals surface area contributed by atoms with Gasteiger partial charge in [-0.05, 0) is 75.8 Å². The van der Waals surface area contributed by atoms with E-state index >= 15 is 0 Å². The summed E-state index contributed by atoms with van der Waals surface area (Å²) in [6.07, 6.45) is 0. The van der Waals surface area contributed by atoms with Crippen LogP contribution in [0.15, 0.2) is 34.1 Å². The zero-order valence-corrected chi connectivity index (χ0v) is 14.3. The third-order valence-electron chi connectivity index (χ3n) is 2.32. The van der Waals surface area contributed by atoms with Gasteiger partial charge in [0, 0.05) is 8.45 Å². The maximum Gasteiger partial charge on any atom is 0.0702 e. The lowest BCUT2D eigenvalue weighted by Gasteiger charge is -2.15. The van der Waals surface area contributed by atoms with Crippen LogP contribution in [0.4, 0.5) is 5.69 Å². The van der Waals surface area contributed by atoms with Crippen molar-refractivity contribution in [3.63, 3.8) is 0 Å². The molecule has 5 heteroatoms. The summed E-state index contributed by atoms with van der Waals surface area (Å²) >= 11 is 13.7. The summed E-state index contributed by atoms with van der Waals surface area (Å²) in [6.45, 7) is 2.13. The van der Waals surface area contributed by atoms with Gasteiger partial charge in [0.25, 0.3) is 0 Å². The third kappa shape index (κ3) is 3.59. The monoisotopic (exact) mass is 441 g/mol. The summed E-state index contributed by atoms with van der Waals surface area (Å²) in [5, 5.41) is 4.18. The van der Waals surface area contributed by atoms with Crippen molar-refractivity contribution in [2.24, 2.45) is 0 Å². The van der Waals surface area contributed by atoms with Crippen LogP contribution in [-0.2, 0) is 0 Å². The van der Waals surface area contributed by atoms with E-state index in [0.29, 0.717) is 0 Å². The minimum Gasteiger partial charge on any atom is -0.377 e. The van der Waals surface area contributed by atoms with E-state index in [4.69, 9.17) is 11.6 Å². The van der Waals surface area contributed by atoms with Crippen molar-refractivity contribution in [3.8, 4) is 0 Å². The van der Waals surface area contributed by atoms with E-state index < -0.39 is 0 Å². The molecule has 0 saturated carbocycles. The summed E-state index contributed by atoms with van der Waals surface area (Å²) in [7, 11) is 0. The molecule has 0 aliphatic carbocycles. The molecule has 0 amide bonds. The van der Waals surface area contributed by atoms with Crippen molar-refractivity contribution in [3.05, 3.63) is 47.6 Å². The lowest BCUT2D eigenvalue weighted by molar-refractivity contribution is 0.908. The Morgan fingerprint density at radius 3 is 2.71 bits per heavy atom. The van der Waals surface area contributed by atoms with Crippen LogP contribution >= 0.6 is 61.5 Å². The lowest BCUT2D eigenvalue weighted by atomic mass is 10.2. The first-order valence-electron chi connectivity index (χ1n) is 5.03. The molecule has 0 saturated heterocycles. The van der Waals surface area contributed by atoms with Crippen molar-refractivity contribution >= 4 is 67.1 Å². The van der Waals surface area contributed by atoms with Crippen molar-refractivity contribution < 1.29 is 0 Å². The minimum absolute atomic E-state index is 0.254. The Morgan fingerprint density at radius 1 is 1.35 bits per heavy atom. The van der Waals surface area contributed by atoms with Crippen LogP contribution in [0.1, 0.15) is 17.8 Å². The van der Waals surface area contributed by atoms with E-state index in [1.807, 2.05) is 18.2 Å². The molecule has 0 fully saturated rings. The quantitative estimate of drug-likeness (QED) is 0.580. The Bertz CT molecular complexity index is 529. The van der Waals surface area contributed by atoms with Crippen LogP contribution in [-0.4, -0.2) is 0 Å². The second-order valence-electron chi connectivity index (χ2n) is 3.63. The highest BCUT2D eigenvalue weighted by molar-refractivity contribution is 14.1. The average molecular weight is 443 g/mol. The summed E-state index contributed by atoms with van der Waals surface area (Å²) in [4.78, 5) is 1.28. The Kier molecular flexibility index (Phi) is 4.74. The van der Waals surface area contributed by atoms with Gasteiger partial charge in [-0.1, -0.05) is 11.6 Å². The molecule has 1 atom stereocenters. The molecule has 0 spiro atoms. The zero-order valence-electron chi connectivity index (χ0n) is 9.01. The summed E-state index contributed by atoms with van der Waals surface area (Å²) < 4.78 is 2.29. The van der Waals surface area contributed by atoms with Gasteiger partial charge >= 0.3 is 0 Å². The number of thiophene rings is 1. The van der Waals surface area contributed by atoms with E-state index in [1.54, 1.807) is 11.3 Å². The van der Waals surface area contributed by atoms with Crippen molar-refractivity contribution in [1.29, 1.82) is 0 Å². The van der Waals surface area contributed by atoms with Gasteiger partial charge in [0.2, 0.25) is 0 Å². The number of anilines is 1. The van der Waals surface area contributed by atoms with Crippen LogP contribution in [0.5, 0.6) is 0 Å². The van der Waals surface area contributed by atoms with Gasteiger partial charge in [-0.2, -0.15) is 0 Å². The fourth-order valence-corrected chi connectivity index (χ4v) is 3.81. The number of nitrogens with one attached hydrogen (secondary N) is 1. The molecule has 90 valence electrons. The molecular formula is C12H10BrClINS. The second-order valence-corrected chi connectivity index (χ2v) is 7.78. The molecule has 1 heterocycles. The second kappa shape index (κ2) is 5.91. The fourth-order valence-electron chi connectivity index (χ4n) is 1.47. The molecule has 0 aliphatic rings. The van der Waals surface area contributed by atoms with Gasteiger partial charge in [0.15, 0.2) is 0 Å². The van der Waals surface area contributed by atoms with Crippen LogP contribution in [0.3, 0.4) is 0 Å². The number of benzene rings is 1. The fraction of sp³-hybridized carbons (Fsp3) is 0.167. The van der Waals surface area contributed by atoms with Crippen LogP contribution in [0.25, 0.3) is 0 Å². The molecule has 1 aromatic carbocycles. The summed E-state index contributed by atoms with van der Waals surface area (Å²) in [6, 6.07) is 10.5. The van der Waals surface area contributed by atoms with Crippen LogP contribution in [0, 0.1) is 3.57 Å². The normalized spacial score (nSPS) is 12.5. The topological polar surface area (TPSA) is 12.0 Å². The van der Waals surface area contributed by atoms with Gasteiger partial charge in [0.1, 0.15) is 0 Å². The number of halogens is 3. The third-order valence-corrected chi connectivity index (χ3v) is 5.11. The Balaban J connectivity index is 2.15. The molecule has 17 heavy (non-hydrogen) atoms. The van der Waals surface area contributed by atoms with Gasteiger partial charge in [-0.15, -0.1) is 11.3 Å². The number of hydrogen-bond donors (Lipinski definition) is 1. The van der Waals surface area contributed by atoms with Crippen LogP contribution < -0.4 is 5.32 Å². The minimum atomic E-state index is 0.254. The Labute approximate surface area is 132 Å². The average Bonchev–Trinajstić information content (AvgIpc) is 2.69. The first-order valence-corrected chi connectivity index (χ1v) is 8.09. The molecule has 0 radical (unpaired) electrons. The van der Waals surface area contributed by atoms with Crippen molar-refractivity contribution in [2.45, 2.75) is 13.0 Å². The predicted molar refractivity (Wildman–Crippen MR) is 88.2 cm³/mol. The van der Waals surface area contributed by atoms with Gasteiger partial charge in [-0.25, -0.2) is 0 Å². The number of rotatable bonds is 3. The summed E-state index contributed by atoms with van der Waals surface area (Å²) in [5.41, 5.74) is 0.976. The molecule has 2 rings (SSSR count). The van der Waals surface area contributed by atoms with Gasteiger partial charge < -0.3 is 5.32 Å². The van der Waals surface area contributed by atoms with Crippen molar-refractivity contribution in [2.75, 3.05) is 5.32 Å². The highest BCUT2D eigenvalue weighted by Crippen LogP contribution is 2.31. The SMILES string of the molecule is CC(Nc1ccc(I)cc1Cl)c1ccc(Br)s1. The first kappa shape index (κ1) is 13.6. The Morgan fingerprint density at radius 2 is 2.12 bits per heavy atom. The highest BCUT2D eigenvalue weighted by atomic mass is 127. The molecule has 0 bridgehead atoms. The van der Waals surface area contributed by atoms with E-state index in [-0.39, 0.29) is 6.04 Å². The van der Waals surface area contributed by atoms with E-state index in [9.17, 15) is 0 Å². The standard InChI is InChI=1S/C12H10BrClINS/c1-7(11-4-5-12(13)17-11)16-10-3-2-8(15)6-9(10)14/h2-7,16H,1H3. The maximum atomic E-state index is 6.19. The smallest absolute Gasteiger partial charge is 0.0702 e. The lowest BCUT2D eigenvalue weighted by Crippen LogP contribution is -2.05. The van der Waals surface area contributed by atoms with E-state index in [2.05, 4.69) is 62.9 Å². The molecule has 1 N–H and O–H groups in total. The van der Waals surface area contributed by atoms with E-state index in [0.717, 1.165) is 18.1 Å². The van der Waals surface area contributed by atoms with E-state index in [1.165, 1.54) is 4.88 Å². The molecule has 1 aromatic heterocycles. The van der Waals surface area contributed by atoms with Crippen molar-refractivity contribution in [1.82, 2.24) is 0 Å². The van der Waals surface area contributed by atoms with Crippen LogP contribution in [0.2, 0.25) is 5.02 Å². The van der Waals surface area contributed by atoms with Gasteiger partial charge in [-0.3, -0.25) is 0 Å². The highest BCUT2D eigenvalue weighted by Gasteiger charge is 2.09. The Hall–Kier alpha value is 0.220. The molecular weight excluding hydrogens is 432 g/mol. The summed E-state index contributed by atoms with van der Waals surface area (Å²) in [5.74, 6) is 0.